The molecule has 0 aromatic heterocycles. The van der Waals surface area contributed by atoms with Crippen molar-refractivity contribution in [2.75, 3.05) is 0 Å². The summed E-state index contributed by atoms with van der Waals surface area (Å²) in [5, 5.41) is 4.03. The Labute approximate surface area is 138 Å². The first kappa shape index (κ1) is 16.9. The van der Waals surface area contributed by atoms with Gasteiger partial charge in [0.25, 0.3) is 5.91 Å². The molecule has 2 aromatic rings. The molecule has 1 N–H and O–H groups in total. The third-order valence-electron chi connectivity index (χ3n) is 3.82. The van der Waals surface area contributed by atoms with Crippen molar-refractivity contribution in [2.45, 2.75) is 39.5 Å². The molecule has 1 amide bonds. The Morgan fingerprint density at radius 3 is 1.83 bits per heavy atom. The van der Waals surface area contributed by atoms with Gasteiger partial charge in [0.2, 0.25) is 0 Å². The Hall–Kier alpha value is -2.42. The summed E-state index contributed by atoms with van der Waals surface area (Å²) in [4.78, 5) is 12.0. The largest absolute Gasteiger partial charge is 0.271 e. The second-order valence-corrected chi connectivity index (χ2v) is 6.30. The number of carbonyl (C=O) groups excluding carboxylic acids is 1. The molecular weight excluding hydrogens is 284 g/mol. The van der Waals surface area contributed by atoms with Crippen LogP contribution in [0.3, 0.4) is 0 Å². The van der Waals surface area contributed by atoms with Crippen LogP contribution in [0.4, 0.5) is 0 Å². The van der Waals surface area contributed by atoms with Crippen LogP contribution in [0.1, 0.15) is 66.6 Å². The second kappa shape index (κ2) is 7.73. The third kappa shape index (κ3) is 4.78. The SMILES string of the molecule is CC(C)c1ccc(C=NNC(=O)c2ccc(C(C)C)cc2)cc1. The van der Waals surface area contributed by atoms with Crippen molar-refractivity contribution in [1.82, 2.24) is 5.43 Å². The van der Waals surface area contributed by atoms with Gasteiger partial charge >= 0.3 is 0 Å². The first-order valence-corrected chi connectivity index (χ1v) is 8.00. The van der Waals surface area contributed by atoms with Crippen LogP contribution in [0.5, 0.6) is 0 Å². The smallest absolute Gasteiger partial charge is 0.267 e. The number of hydrazone groups is 1. The predicted molar refractivity (Wildman–Crippen MR) is 96.1 cm³/mol. The molecule has 2 aromatic carbocycles. The normalized spacial score (nSPS) is 11.4. The van der Waals surface area contributed by atoms with E-state index in [2.05, 4.69) is 50.4 Å². The predicted octanol–water partition coefficient (Wildman–Crippen LogP) is 4.70. The van der Waals surface area contributed by atoms with Gasteiger partial charge in [0, 0.05) is 5.56 Å². The van der Waals surface area contributed by atoms with Gasteiger partial charge in [0.1, 0.15) is 0 Å². The second-order valence-electron chi connectivity index (χ2n) is 6.30. The summed E-state index contributed by atoms with van der Waals surface area (Å²) >= 11 is 0. The van der Waals surface area contributed by atoms with Crippen LogP contribution >= 0.6 is 0 Å². The van der Waals surface area contributed by atoms with E-state index >= 15 is 0 Å². The lowest BCUT2D eigenvalue weighted by Gasteiger charge is -2.06. The number of carbonyl (C=O) groups is 1. The van der Waals surface area contributed by atoms with Gasteiger partial charge in [-0.3, -0.25) is 4.79 Å². The highest BCUT2D eigenvalue weighted by Gasteiger charge is 2.05. The minimum atomic E-state index is -0.199. The van der Waals surface area contributed by atoms with E-state index in [4.69, 9.17) is 0 Å². The lowest BCUT2D eigenvalue weighted by molar-refractivity contribution is 0.0955. The minimum Gasteiger partial charge on any atom is -0.267 e. The van der Waals surface area contributed by atoms with E-state index in [0.717, 1.165) is 5.56 Å². The zero-order valence-corrected chi connectivity index (χ0v) is 14.2. The Kier molecular flexibility index (Phi) is 5.69. The maximum Gasteiger partial charge on any atom is 0.271 e. The summed E-state index contributed by atoms with van der Waals surface area (Å²) in [5.74, 6) is 0.767. The van der Waals surface area contributed by atoms with E-state index in [-0.39, 0.29) is 5.91 Å². The summed E-state index contributed by atoms with van der Waals surface area (Å²) in [5.41, 5.74) is 6.65. The molecule has 0 unspecified atom stereocenters. The number of hydrogen-bond donors (Lipinski definition) is 1. The van der Waals surface area contributed by atoms with Gasteiger partial charge in [0.15, 0.2) is 0 Å². The fraction of sp³-hybridized carbons (Fsp3) is 0.300. The molecule has 23 heavy (non-hydrogen) atoms. The highest BCUT2D eigenvalue weighted by Crippen LogP contribution is 2.15. The Morgan fingerprint density at radius 1 is 0.870 bits per heavy atom. The molecular formula is C20H24N2O. The average molecular weight is 308 g/mol. The molecule has 3 heteroatoms. The first-order chi connectivity index (χ1) is 11.0. The van der Waals surface area contributed by atoms with Crippen molar-refractivity contribution in [1.29, 1.82) is 0 Å². The third-order valence-corrected chi connectivity index (χ3v) is 3.82. The molecule has 0 aliphatic carbocycles. The summed E-state index contributed by atoms with van der Waals surface area (Å²) in [7, 11) is 0. The topological polar surface area (TPSA) is 41.5 Å². The monoisotopic (exact) mass is 308 g/mol. The molecule has 120 valence electrons. The van der Waals surface area contributed by atoms with Crippen LogP contribution in [0.25, 0.3) is 0 Å². The Balaban J connectivity index is 1.95. The van der Waals surface area contributed by atoms with Crippen LogP contribution in [-0.4, -0.2) is 12.1 Å². The van der Waals surface area contributed by atoms with Gasteiger partial charge in [-0.15, -0.1) is 0 Å². The molecule has 0 radical (unpaired) electrons. The summed E-state index contributed by atoms with van der Waals surface area (Å²) in [6.45, 7) is 8.58. The number of benzene rings is 2. The zero-order chi connectivity index (χ0) is 16.8. The molecule has 0 spiro atoms. The van der Waals surface area contributed by atoms with Crippen molar-refractivity contribution in [2.24, 2.45) is 5.10 Å². The summed E-state index contributed by atoms with van der Waals surface area (Å²) < 4.78 is 0. The number of nitrogens with one attached hydrogen (secondary N) is 1. The highest BCUT2D eigenvalue weighted by molar-refractivity contribution is 5.94. The standard InChI is InChI=1S/C20H24N2O/c1-14(2)17-7-5-16(6-8-17)13-21-22-20(23)19-11-9-18(10-12-19)15(3)4/h5-15H,1-4H3,(H,22,23). The fourth-order valence-electron chi connectivity index (χ4n) is 2.22. The number of rotatable bonds is 5. The van der Waals surface area contributed by atoms with E-state index in [1.54, 1.807) is 6.21 Å². The molecule has 0 saturated carbocycles. The quantitative estimate of drug-likeness (QED) is 0.631. The van der Waals surface area contributed by atoms with Gasteiger partial charge < -0.3 is 0 Å². The molecule has 0 atom stereocenters. The van der Waals surface area contributed by atoms with Crippen LogP contribution in [0.15, 0.2) is 53.6 Å². The lowest BCUT2D eigenvalue weighted by Crippen LogP contribution is -2.17. The van der Waals surface area contributed by atoms with Crippen LogP contribution in [-0.2, 0) is 0 Å². The maximum absolute atomic E-state index is 12.0. The van der Waals surface area contributed by atoms with Gasteiger partial charge in [-0.05, 0) is 40.7 Å². The average Bonchev–Trinajstić information content (AvgIpc) is 2.55. The van der Waals surface area contributed by atoms with Gasteiger partial charge in [-0.2, -0.15) is 5.10 Å². The van der Waals surface area contributed by atoms with Crippen molar-refractivity contribution >= 4 is 12.1 Å². The van der Waals surface area contributed by atoms with E-state index in [1.165, 1.54) is 11.1 Å². The van der Waals surface area contributed by atoms with Crippen LogP contribution < -0.4 is 5.43 Å². The van der Waals surface area contributed by atoms with Gasteiger partial charge in [0.05, 0.1) is 6.21 Å². The minimum absolute atomic E-state index is 0.199. The van der Waals surface area contributed by atoms with Crippen LogP contribution in [0.2, 0.25) is 0 Å². The van der Waals surface area contributed by atoms with Gasteiger partial charge in [-0.1, -0.05) is 64.1 Å². The highest BCUT2D eigenvalue weighted by atomic mass is 16.2. The zero-order valence-electron chi connectivity index (χ0n) is 14.2. The molecule has 2 rings (SSSR count). The van der Waals surface area contributed by atoms with E-state index in [1.807, 2.05) is 36.4 Å². The Morgan fingerprint density at radius 2 is 1.35 bits per heavy atom. The number of nitrogens with zero attached hydrogens (tertiary/aromatic N) is 1. The Bertz CT molecular complexity index is 668. The molecule has 0 aliphatic rings. The van der Waals surface area contributed by atoms with Crippen molar-refractivity contribution in [3.8, 4) is 0 Å². The van der Waals surface area contributed by atoms with E-state index in [0.29, 0.717) is 17.4 Å². The van der Waals surface area contributed by atoms with Crippen molar-refractivity contribution in [3.05, 3.63) is 70.8 Å². The van der Waals surface area contributed by atoms with E-state index in [9.17, 15) is 4.79 Å². The first-order valence-electron chi connectivity index (χ1n) is 8.00. The summed E-state index contributed by atoms with van der Waals surface area (Å²) in [6, 6.07) is 15.8. The molecule has 3 nitrogen and oxygen atoms in total. The number of amides is 1. The molecule has 0 heterocycles. The van der Waals surface area contributed by atoms with Crippen molar-refractivity contribution in [3.63, 3.8) is 0 Å². The van der Waals surface area contributed by atoms with E-state index < -0.39 is 0 Å². The van der Waals surface area contributed by atoms with Gasteiger partial charge in [-0.25, -0.2) is 5.43 Å². The molecule has 0 bridgehead atoms. The molecule has 0 saturated heterocycles. The molecule has 0 aliphatic heterocycles. The fourth-order valence-corrected chi connectivity index (χ4v) is 2.22. The van der Waals surface area contributed by atoms with Crippen LogP contribution in [0, 0.1) is 0 Å². The van der Waals surface area contributed by atoms with Crippen molar-refractivity contribution < 1.29 is 4.79 Å². The molecule has 0 fully saturated rings. The summed E-state index contributed by atoms with van der Waals surface area (Å²) in [6.07, 6.45) is 1.66. The lowest BCUT2D eigenvalue weighted by atomic mass is 10.0. The number of hydrogen-bond acceptors (Lipinski definition) is 2. The maximum atomic E-state index is 12.0.